The molecule has 0 radical (unpaired) electrons. The zero-order valence-electron chi connectivity index (χ0n) is 10.2. The van der Waals surface area contributed by atoms with Gasteiger partial charge in [0.1, 0.15) is 0 Å². The average molecular weight is 303 g/mol. The number of hydrogen-bond donors (Lipinski definition) is 1. The van der Waals surface area contributed by atoms with Crippen LogP contribution >= 0.6 is 11.6 Å². The Balaban J connectivity index is 2.02. The van der Waals surface area contributed by atoms with Crippen LogP contribution in [0.5, 0.6) is 0 Å². The highest BCUT2D eigenvalue weighted by Gasteiger charge is 2.31. The highest BCUT2D eigenvalue weighted by atomic mass is 35.5. The van der Waals surface area contributed by atoms with E-state index in [1.54, 1.807) is 12.2 Å². The second-order valence-electron chi connectivity index (χ2n) is 4.16. The number of nitrogens with one attached hydrogen (secondary N) is 1. The van der Waals surface area contributed by atoms with Crippen molar-refractivity contribution in [3.63, 3.8) is 0 Å². The number of aromatic nitrogens is 1. The number of nitrogens with zero attached hydrogens (tertiary/aromatic N) is 1. The van der Waals surface area contributed by atoms with Gasteiger partial charge in [0, 0.05) is 11.8 Å². The molecular weight excluding hydrogens is 293 g/mol. The van der Waals surface area contributed by atoms with Crippen molar-refractivity contribution >= 4 is 17.5 Å². The summed E-state index contributed by atoms with van der Waals surface area (Å²) in [6, 6.07) is 0.798. The molecule has 1 heterocycles. The minimum absolute atomic E-state index is 0.0207. The number of pyridine rings is 1. The maximum absolute atomic E-state index is 12.4. The van der Waals surface area contributed by atoms with Crippen LogP contribution in [0.1, 0.15) is 17.7 Å². The summed E-state index contributed by atoms with van der Waals surface area (Å²) < 4.78 is 37.3. The van der Waals surface area contributed by atoms with E-state index >= 15 is 0 Å². The maximum Gasteiger partial charge on any atom is 0.417 e. The van der Waals surface area contributed by atoms with Gasteiger partial charge in [0.25, 0.3) is 0 Å². The fraction of sp³-hybridized carbons (Fsp3) is 0.231. The zero-order chi connectivity index (χ0) is 14.8. The molecule has 106 valence electrons. The fourth-order valence-corrected chi connectivity index (χ4v) is 1.88. The monoisotopic (exact) mass is 302 g/mol. The van der Waals surface area contributed by atoms with E-state index in [9.17, 15) is 18.0 Å². The molecule has 1 N–H and O–H groups in total. The molecule has 2 rings (SSSR count). The van der Waals surface area contributed by atoms with Crippen molar-refractivity contribution in [3.8, 4) is 0 Å². The van der Waals surface area contributed by atoms with Crippen LogP contribution in [0.25, 0.3) is 0 Å². The van der Waals surface area contributed by atoms with E-state index in [1.165, 1.54) is 0 Å². The van der Waals surface area contributed by atoms with Crippen molar-refractivity contribution in [1.82, 2.24) is 10.3 Å². The first-order chi connectivity index (χ1) is 9.38. The second-order valence-corrected chi connectivity index (χ2v) is 4.56. The number of hydrogen-bond acceptors (Lipinski definition) is 2. The van der Waals surface area contributed by atoms with Gasteiger partial charge in [0.05, 0.1) is 22.8 Å². The smallest absolute Gasteiger partial charge is 0.347 e. The van der Waals surface area contributed by atoms with Gasteiger partial charge < -0.3 is 5.32 Å². The van der Waals surface area contributed by atoms with Crippen molar-refractivity contribution < 1.29 is 18.0 Å². The molecule has 0 saturated carbocycles. The van der Waals surface area contributed by atoms with Crippen molar-refractivity contribution in [2.24, 2.45) is 0 Å². The maximum atomic E-state index is 12.4. The molecule has 0 aliphatic heterocycles. The van der Waals surface area contributed by atoms with Gasteiger partial charge >= 0.3 is 6.18 Å². The van der Waals surface area contributed by atoms with E-state index in [0.29, 0.717) is 18.2 Å². The molecule has 0 atom stereocenters. The van der Waals surface area contributed by atoms with Gasteiger partial charge in [-0.2, -0.15) is 13.2 Å². The number of carbonyl (C=O) groups is 1. The lowest BCUT2D eigenvalue weighted by Crippen LogP contribution is -2.24. The molecular formula is C13H10ClF3N2O. The molecule has 1 aliphatic rings. The molecule has 0 fully saturated rings. The third-order valence-corrected chi connectivity index (χ3v) is 3.05. The second kappa shape index (κ2) is 5.66. The Morgan fingerprint density at radius 2 is 2.20 bits per heavy atom. The quantitative estimate of drug-likeness (QED) is 0.931. The Hall–Kier alpha value is -1.82. The Morgan fingerprint density at radius 3 is 2.75 bits per heavy atom. The number of carbonyl (C=O) groups excluding carboxylic acids is 1. The Labute approximate surface area is 118 Å². The third-order valence-electron chi connectivity index (χ3n) is 2.72. The fourth-order valence-electron chi connectivity index (χ4n) is 1.64. The topological polar surface area (TPSA) is 42.0 Å². The predicted octanol–water partition coefficient (Wildman–Crippen LogP) is 3.26. The summed E-state index contributed by atoms with van der Waals surface area (Å²) in [6.07, 6.45) is 2.02. The first-order valence-corrected chi connectivity index (χ1v) is 6.11. The molecule has 0 unspecified atom stereocenters. The number of halogens is 4. The van der Waals surface area contributed by atoms with Gasteiger partial charge in [0.2, 0.25) is 5.91 Å². The average Bonchev–Trinajstić information content (AvgIpc) is 2.89. The molecule has 0 aromatic carbocycles. The van der Waals surface area contributed by atoms with E-state index in [-0.39, 0.29) is 23.2 Å². The zero-order valence-corrected chi connectivity index (χ0v) is 10.9. The molecule has 20 heavy (non-hydrogen) atoms. The largest absolute Gasteiger partial charge is 0.417 e. The summed E-state index contributed by atoms with van der Waals surface area (Å²) in [4.78, 5) is 15.3. The van der Waals surface area contributed by atoms with Crippen LogP contribution in [0.15, 0.2) is 36.1 Å². The van der Waals surface area contributed by atoms with Crippen molar-refractivity contribution in [2.75, 3.05) is 0 Å². The van der Waals surface area contributed by atoms with Gasteiger partial charge in [-0.1, -0.05) is 29.8 Å². The molecule has 1 amide bonds. The van der Waals surface area contributed by atoms with Crippen molar-refractivity contribution in [2.45, 2.75) is 19.1 Å². The molecule has 0 spiro atoms. The van der Waals surface area contributed by atoms with Gasteiger partial charge in [-0.15, -0.1) is 0 Å². The van der Waals surface area contributed by atoms with E-state index in [4.69, 9.17) is 11.6 Å². The van der Waals surface area contributed by atoms with Crippen LogP contribution in [0, 0.1) is 0 Å². The highest BCUT2D eigenvalue weighted by Crippen LogP contribution is 2.31. The lowest BCUT2D eigenvalue weighted by molar-refractivity contribution is -0.137. The molecule has 0 saturated heterocycles. The normalized spacial score (nSPS) is 14.3. The summed E-state index contributed by atoms with van der Waals surface area (Å²) in [5, 5.41) is 2.44. The Bertz CT molecular complexity index is 594. The van der Waals surface area contributed by atoms with E-state index in [2.05, 4.69) is 10.3 Å². The van der Waals surface area contributed by atoms with Crippen LogP contribution < -0.4 is 5.32 Å². The van der Waals surface area contributed by atoms with E-state index < -0.39 is 11.7 Å². The van der Waals surface area contributed by atoms with E-state index in [0.717, 1.165) is 6.07 Å². The lowest BCUT2D eigenvalue weighted by Gasteiger charge is -2.10. The summed E-state index contributed by atoms with van der Waals surface area (Å²) in [5.41, 5.74) is -0.132. The Morgan fingerprint density at radius 1 is 1.45 bits per heavy atom. The van der Waals surface area contributed by atoms with Gasteiger partial charge in [0.15, 0.2) is 0 Å². The first kappa shape index (κ1) is 14.6. The van der Waals surface area contributed by atoms with Crippen LogP contribution in [0.2, 0.25) is 5.02 Å². The molecule has 1 aliphatic carbocycles. The minimum Gasteiger partial charge on any atom is -0.347 e. The van der Waals surface area contributed by atoms with Crippen molar-refractivity contribution in [3.05, 3.63) is 52.3 Å². The van der Waals surface area contributed by atoms with E-state index in [1.807, 2.05) is 6.08 Å². The van der Waals surface area contributed by atoms with Gasteiger partial charge in [-0.25, -0.2) is 0 Å². The molecule has 0 bridgehead atoms. The SMILES string of the molecule is O=C(NCc1ncc(C(F)(F)F)cc1Cl)C1=CC=CC1. The standard InChI is InChI=1S/C13H10ClF3N2O/c14-10-5-9(13(15,16)17)6-18-11(10)7-19-12(20)8-3-1-2-4-8/h1-3,5-6H,4,7H2,(H,19,20). The van der Waals surface area contributed by atoms with Gasteiger partial charge in [-0.3, -0.25) is 9.78 Å². The summed E-state index contributed by atoms with van der Waals surface area (Å²) >= 11 is 5.74. The summed E-state index contributed by atoms with van der Waals surface area (Å²) in [6.45, 7) is -0.0207. The lowest BCUT2D eigenvalue weighted by atomic mass is 10.2. The number of amides is 1. The third kappa shape index (κ3) is 3.39. The number of allylic oxidation sites excluding steroid dienone is 3. The molecule has 3 nitrogen and oxygen atoms in total. The van der Waals surface area contributed by atoms with Crippen LogP contribution in [-0.2, 0) is 17.5 Å². The summed E-state index contributed by atoms with van der Waals surface area (Å²) in [5.74, 6) is -0.284. The first-order valence-electron chi connectivity index (χ1n) is 5.73. The van der Waals surface area contributed by atoms with Crippen LogP contribution in [-0.4, -0.2) is 10.9 Å². The molecule has 1 aromatic rings. The summed E-state index contributed by atoms with van der Waals surface area (Å²) in [7, 11) is 0. The number of alkyl halides is 3. The highest BCUT2D eigenvalue weighted by molar-refractivity contribution is 6.31. The predicted molar refractivity (Wildman–Crippen MR) is 67.9 cm³/mol. The molecule has 7 heteroatoms. The van der Waals surface area contributed by atoms with Gasteiger partial charge in [-0.05, 0) is 12.5 Å². The van der Waals surface area contributed by atoms with Crippen LogP contribution in [0.4, 0.5) is 13.2 Å². The van der Waals surface area contributed by atoms with Crippen molar-refractivity contribution in [1.29, 1.82) is 0 Å². The minimum atomic E-state index is -4.49. The number of rotatable bonds is 3. The molecule has 1 aromatic heterocycles. The van der Waals surface area contributed by atoms with Crippen LogP contribution in [0.3, 0.4) is 0 Å². The Kier molecular flexibility index (Phi) is 4.13.